The number of aliphatic carboxylic acids is 1. The van der Waals surface area contributed by atoms with Crippen LogP contribution in [-0.4, -0.2) is 47.7 Å². The molecule has 2 atom stereocenters. The lowest BCUT2D eigenvalue weighted by atomic mass is 10.2. The number of hydrogen-bond acceptors (Lipinski definition) is 4. The first-order valence-electron chi connectivity index (χ1n) is 6.01. The second-order valence-electron chi connectivity index (χ2n) is 4.41. The fourth-order valence-corrected chi connectivity index (χ4v) is 3.08. The molecule has 1 aliphatic heterocycles. The molecule has 1 amide bonds. The molecule has 1 saturated heterocycles. The molecule has 1 aromatic rings. The van der Waals surface area contributed by atoms with Crippen LogP contribution in [0.2, 0.25) is 4.34 Å². The number of ether oxygens (including phenoxy) is 1. The van der Waals surface area contributed by atoms with Crippen molar-refractivity contribution in [3.8, 4) is 0 Å². The van der Waals surface area contributed by atoms with Crippen molar-refractivity contribution in [2.45, 2.75) is 18.6 Å². The molecule has 0 bridgehead atoms. The van der Waals surface area contributed by atoms with Gasteiger partial charge in [0.2, 0.25) is 5.91 Å². The molecule has 0 saturated carbocycles. The summed E-state index contributed by atoms with van der Waals surface area (Å²) in [4.78, 5) is 25.4. The van der Waals surface area contributed by atoms with E-state index in [1.165, 1.54) is 29.4 Å². The van der Waals surface area contributed by atoms with Gasteiger partial charge in [0.1, 0.15) is 6.04 Å². The van der Waals surface area contributed by atoms with E-state index in [9.17, 15) is 9.59 Å². The fraction of sp³-hybridized carbons (Fsp3) is 0.385. The monoisotopic (exact) mass is 315 g/mol. The fourth-order valence-electron chi connectivity index (χ4n) is 2.11. The number of carboxylic acid groups (broad SMARTS) is 1. The zero-order valence-electron chi connectivity index (χ0n) is 10.8. The van der Waals surface area contributed by atoms with Gasteiger partial charge in [-0.15, -0.1) is 11.3 Å². The van der Waals surface area contributed by atoms with E-state index in [0.717, 1.165) is 4.88 Å². The summed E-state index contributed by atoms with van der Waals surface area (Å²) < 4.78 is 5.78. The standard InChI is InChI=1S/C13H14ClNO4S/c1-19-8-6-10(13(17)18)15(7-8)12(16)5-3-9-2-4-11(14)20-9/h2-5,8,10H,6-7H2,1H3,(H,17,18)/b5-3+. The highest BCUT2D eigenvalue weighted by Gasteiger charge is 2.38. The number of hydrogen-bond donors (Lipinski definition) is 1. The molecule has 1 aliphatic rings. The van der Waals surface area contributed by atoms with Crippen LogP contribution in [-0.2, 0) is 14.3 Å². The smallest absolute Gasteiger partial charge is 0.326 e. The summed E-state index contributed by atoms with van der Waals surface area (Å²) in [6.45, 7) is 0.293. The molecule has 0 aromatic carbocycles. The average Bonchev–Trinajstić information content (AvgIpc) is 3.02. The third-order valence-corrected chi connectivity index (χ3v) is 4.34. The number of rotatable bonds is 4. The molecule has 1 fully saturated rings. The van der Waals surface area contributed by atoms with Crippen molar-refractivity contribution in [1.82, 2.24) is 4.90 Å². The van der Waals surface area contributed by atoms with Gasteiger partial charge < -0.3 is 14.7 Å². The number of nitrogens with zero attached hydrogens (tertiary/aromatic N) is 1. The number of methoxy groups -OCH3 is 1. The Morgan fingerprint density at radius 3 is 2.85 bits per heavy atom. The predicted octanol–water partition coefficient (Wildman–Crippen LogP) is 2.12. The highest BCUT2D eigenvalue weighted by molar-refractivity contribution is 7.17. The van der Waals surface area contributed by atoms with E-state index >= 15 is 0 Å². The minimum absolute atomic E-state index is 0.232. The highest BCUT2D eigenvalue weighted by Crippen LogP contribution is 2.24. The summed E-state index contributed by atoms with van der Waals surface area (Å²) in [6, 6.07) is 2.71. The molecule has 0 radical (unpaired) electrons. The summed E-state index contributed by atoms with van der Waals surface area (Å²) in [6.07, 6.45) is 3.09. The SMILES string of the molecule is COC1CC(C(=O)O)N(C(=O)/C=C/c2ccc(Cl)s2)C1. The zero-order chi connectivity index (χ0) is 14.7. The first-order valence-corrected chi connectivity index (χ1v) is 7.20. The number of likely N-dealkylation sites (tertiary alicyclic amines) is 1. The van der Waals surface area contributed by atoms with Crippen LogP contribution < -0.4 is 0 Å². The van der Waals surface area contributed by atoms with Crippen molar-refractivity contribution >= 4 is 40.9 Å². The Morgan fingerprint density at radius 2 is 2.30 bits per heavy atom. The van der Waals surface area contributed by atoms with Crippen molar-refractivity contribution in [3.63, 3.8) is 0 Å². The molecule has 5 nitrogen and oxygen atoms in total. The zero-order valence-corrected chi connectivity index (χ0v) is 12.4. The predicted molar refractivity (Wildman–Crippen MR) is 76.9 cm³/mol. The van der Waals surface area contributed by atoms with E-state index in [1.54, 1.807) is 18.2 Å². The molecule has 1 aromatic heterocycles. The van der Waals surface area contributed by atoms with E-state index in [0.29, 0.717) is 17.3 Å². The number of carbonyl (C=O) groups is 2. The number of thiophene rings is 1. The van der Waals surface area contributed by atoms with Gasteiger partial charge >= 0.3 is 5.97 Å². The average molecular weight is 316 g/mol. The number of carbonyl (C=O) groups excluding carboxylic acids is 1. The van der Waals surface area contributed by atoms with Gasteiger partial charge in [0.25, 0.3) is 0 Å². The van der Waals surface area contributed by atoms with Gasteiger partial charge in [0.05, 0.1) is 10.4 Å². The first kappa shape index (κ1) is 15.0. The summed E-state index contributed by atoms with van der Waals surface area (Å²) in [5, 5.41) is 9.15. The lowest BCUT2D eigenvalue weighted by Gasteiger charge is -2.19. The van der Waals surface area contributed by atoms with Crippen LogP contribution in [0.25, 0.3) is 6.08 Å². The number of carboxylic acids is 1. The molecule has 2 unspecified atom stereocenters. The van der Waals surface area contributed by atoms with E-state index in [4.69, 9.17) is 21.4 Å². The molecular formula is C13H14ClNO4S. The topological polar surface area (TPSA) is 66.8 Å². The molecule has 0 spiro atoms. The summed E-state index contributed by atoms with van der Waals surface area (Å²) >= 11 is 7.15. The van der Waals surface area contributed by atoms with Gasteiger partial charge in [0, 0.05) is 31.0 Å². The summed E-state index contributed by atoms with van der Waals surface area (Å²) in [5.41, 5.74) is 0. The Labute approximate surface area is 125 Å². The highest BCUT2D eigenvalue weighted by atomic mass is 35.5. The van der Waals surface area contributed by atoms with Gasteiger partial charge in [-0.1, -0.05) is 11.6 Å². The van der Waals surface area contributed by atoms with Gasteiger partial charge in [-0.05, 0) is 18.2 Å². The van der Waals surface area contributed by atoms with Gasteiger partial charge in [0.15, 0.2) is 0 Å². The van der Waals surface area contributed by atoms with Crippen LogP contribution in [0, 0.1) is 0 Å². The van der Waals surface area contributed by atoms with Crippen LogP contribution in [0.15, 0.2) is 18.2 Å². The van der Waals surface area contributed by atoms with Crippen LogP contribution in [0.3, 0.4) is 0 Å². The second kappa shape index (κ2) is 6.39. The minimum Gasteiger partial charge on any atom is -0.480 e. The number of halogens is 1. The molecule has 108 valence electrons. The Balaban J connectivity index is 2.07. The van der Waals surface area contributed by atoms with Gasteiger partial charge in [-0.25, -0.2) is 4.79 Å². The molecule has 0 aliphatic carbocycles. The van der Waals surface area contributed by atoms with Gasteiger partial charge in [-0.2, -0.15) is 0 Å². The van der Waals surface area contributed by atoms with E-state index in [2.05, 4.69) is 0 Å². The third kappa shape index (κ3) is 3.39. The van der Waals surface area contributed by atoms with E-state index in [-0.39, 0.29) is 12.0 Å². The van der Waals surface area contributed by atoms with Crippen molar-refractivity contribution < 1.29 is 19.4 Å². The molecular weight excluding hydrogens is 302 g/mol. The Morgan fingerprint density at radius 1 is 1.55 bits per heavy atom. The van der Waals surface area contributed by atoms with Gasteiger partial charge in [-0.3, -0.25) is 4.79 Å². The maximum Gasteiger partial charge on any atom is 0.326 e. The first-order chi connectivity index (χ1) is 9.51. The van der Waals surface area contributed by atoms with Crippen LogP contribution in [0.1, 0.15) is 11.3 Å². The van der Waals surface area contributed by atoms with Crippen LogP contribution >= 0.6 is 22.9 Å². The largest absolute Gasteiger partial charge is 0.480 e. The van der Waals surface area contributed by atoms with Crippen molar-refractivity contribution in [3.05, 3.63) is 27.4 Å². The lowest BCUT2D eigenvalue weighted by molar-refractivity contribution is -0.146. The normalized spacial score (nSPS) is 22.6. The van der Waals surface area contributed by atoms with Crippen molar-refractivity contribution in [2.75, 3.05) is 13.7 Å². The Kier molecular flexibility index (Phi) is 4.80. The number of amides is 1. The Bertz CT molecular complexity index is 542. The molecule has 2 heterocycles. The molecule has 7 heteroatoms. The summed E-state index contributed by atoms with van der Waals surface area (Å²) in [5.74, 6) is -1.34. The molecule has 2 rings (SSSR count). The van der Waals surface area contributed by atoms with Crippen molar-refractivity contribution in [2.24, 2.45) is 0 Å². The Hall–Kier alpha value is -1.37. The lowest BCUT2D eigenvalue weighted by Crippen LogP contribution is -2.39. The maximum absolute atomic E-state index is 12.1. The third-order valence-electron chi connectivity index (χ3n) is 3.15. The van der Waals surface area contributed by atoms with Crippen LogP contribution in [0.5, 0.6) is 0 Å². The van der Waals surface area contributed by atoms with Crippen LogP contribution in [0.4, 0.5) is 0 Å². The molecule has 20 heavy (non-hydrogen) atoms. The van der Waals surface area contributed by atoms with E-state index < -0.39 is 12.0 Å². The molecule has 1 N–H and O–H groups in total. The quantitative estimate of drug-likeness (QED) is 0.864. The maximum atomic E-state index is 12.1. The second-order valence-corrected chi connectivity index (χ2v) is 6.16. The van der Waals surface area contributed by atoms with Crippen molar-refractivity contribution in [1.29, 1.82) is 0 Å². The van der Waals surface area contributed by atoms with E-state index in [1.807, 2.05) is 0 Å². The summed E-state index contributed by atoms with van der Waals surface area (Å²) in [7, 11) is 1.51. The minimum atomic E-state index is -1.01.